The highest BCUT2D eigenvalue weighted by atomic mass is 32.2. The lowest BCUT2D eigenvalue weighted by atomic mass is 9.97. The van der Waals surface area contributed by atoms with Crippen molar-refractivity contribution in [3.05, 3.63) is 30.1 Å². The van der Waals surface area contributed by atoms with Crippen molar-refractivity contribution in [3.8, 4) is 0 Å². The zero-order chi connectivity index (χ0) is 17.6. The normalized spacial score (nSPS) is 23.3. The molecule has 8 heteroatoms. The van der Waals surface area contributed by atoms with Crippen LogP contribution in [0.2, 0.25) is 0 Å². The Kier molecular flexibility index (Phi) is 6.14. The number of likely N-dealkylation sites (tertiary alicyclic amines) is 1. The molecule has 3 amide bonds. The van der Waals surface area contributed by atoms with Gasteiger partial charge in [0, 0.05) is 37.0 Å². The average Bonchev–Trinajstić information content (AvgIpc) is 3.14. The molecule has 0 aliphatic carbocycles. The molecular weight excluding hydrogens is 343 g/mol. The Morgan fingerprint density at radius 1 is 1.40 bits per heavy atom. The molecule has 3 N–H and O–H groups in total. The molecule has 2 atom stereocenters. The van der Waals surface area contributed by atoms with Crippen molar-refractivity contribution in [1.82, 2.24) is 15.5 Å². The lowest BCUT2D eigenvalue weighted by molar-refractivity contribution is -0.134. The molecule has 25 heavy (non-hydrogen) atoms. The topological polar surface area (TPSA) is 73.5 Å². The summed E-state index contributed by atoms with van der Waals surface area (Å²) < 4.78 is 13.1. The van der Waals surface area contributed by atoms with Gasteiger partial charge < -0.3 is 15.5 Å². The smallest absolute Gasteiger partial charge is 0.319 e. The molecule has 1 aromatic carbocycles. The number of anilines is 1. The summed E-state index contributed by atoms with van der Waals surface area (Å²) in [5.74, 6) is 1.67. The molecule has 3 rings (SSSR count). The Balaban J connectivity index is 1.44. The SMILES string of the molecule is O=C(NCC1CCCN(C(=O)C2CSCN2)C1)Nc1cccc(F)c1. The molecule has 0 aromatic heterocycles. The quantitative estimate of drug-likeness (QED) is 0.760. The van der Waals surface area contributed by atoms with E-state index in [1.807, 2.05) is 4.90 Å². The van der Waals surface area contributed by atoms with Crippen LogP contribution in [0.25, 0.3) is 0 Å². The monoisotopic (exact) mass is 366 g/mol. The predicted octanol–water partition coefficient (Wildman–Crippen LogP) is 1.85. The van der Waals surface area contributed by atoms with E-state index < -0.39 is 5.82 Å². The molecule has 2 unspecified atom stereocenters. The Hall–Kier alpha value is -1.80. The second-order valence-electron chi connectivity index (χ2n) is 6.41. The van der Waals surface area contributed by atoms with E-state index >= 15 is 0 Å². The molecule has 2 heterocycles. The van der Waals surface area contributed by atoms with Crippen molar-refractivity contribution in [3.63, 3.8) is 0 Å². The first-order valence-corrected chi connectivity index (χ1v) is 9.67. The fraction of sp³-hybridized carbons (Fsp3) is 0.529. The molecule has 1 aromatic rings. The van der Waals surface area contributed by atoms with Gasteiger partial charge in [0.2, 0.25) is 5.91 Å². The molecule has 2 saturated heterocycles. The van der Waals surface area contributed by atoms with Crippen LogP contribution >= 0.6 is 11.8 Å². The van der Waals surface area contributed by atoms with Crippen molar-refractivity contribution in [1.29, 1.82) is 0 Å². The number of nitrogens with one attached hydrogen (secondary N) is 3. The Morgan fingerprint density at radius 3 is 3.04 bits per heavy atom. The zero-order valence-electron chi connectivity index (χ0n) is 14.0. The van der Waals surface area contributed by atoms with E-state index in [2.05, 4.69) is 16.0 Å². The molecule has 0 bridgehead atoms. The van der Waals surface area contributed by atoms with Gasteiger partial charge in [-0.3, -0.25) is 10.1 Å². The Labute approximate surface area is 150 Å². The minimum Gasteiger partial charge on any atom is -0.341 e. The Bertz CT molecular complexity index is 624. The first-order valence-electron chi connectivity index (χ1n) is 8.52. The first kappa shape index (κ1) is 18.0. The van der Waals surface area contributed by atoms with Crippen LogP contribution in [0.1, 0.15) is 12.8 Å². The standard InChI is InChI=1S/C17H23FN4O2S/c18-13-4-1-5-14(7-13)21-17(24)19-8-12-3-2-6-22(9-12)16(23)15-10-25-11-20-15/h1,4-5,7,12,15,20H,2-3,6,8-11H2,(H2,19,21,24). The van der Waals surface area contributed by atoms with Crippen LogP contribution in [0, 0.1) is 11.7 Å². The molecule has 2 aliphatic heterocycles. The predicted molar refractivity (Wildman–Crippen MR) is 97.0 cm³/mol. The Morgan fingerprint density at radius 2 is 2.28 bits per heavy atom. The highest BCUT2D eigenvalue weighted by Crippen LogP contribution is 2.19. The van der Waals surface area contributed by atoms with Crippen LogP contribution in [0.15, 0.2) is 24.3 Å². The minimum absolute atomic E-state index is 0.0759. The van der Waals surface area contributed by atoms with E-state index in [0.717, 1.165) is 31.0 Å². The van der Waals surface area contributed by atoms with Gasteiger partial charge >= 0.3 is 6.03 Å². The van der Waals surface area contributed by atoms with Gasteiger partial charge in [-0.1, -0.05) is 6.07 Å². The largest absolute Gasteiger partial charge is 0.341 e. The third kappa shape index (κ3) is 5.09. The maximum atomic E-state index is 13.1. The summed E-state index contributed by atoms with van der Waals surface area (Å²) in [6.07, 6.45) is 1.93. The highest BCUT2D eigenvalue weighted by molar-refractivity contribution is 7.99. The van der Waals surface area contributed by atoms with Crippen LogP contribution in [0.5, 0.6) is 0 Å². The fourth-order valence-corrected chi connectivity index (χ4v) is 4.12. The van der Waals surface area contributed by atoms with Crippen LogP contribution in [-0.4, -0.2) is 54.1 Å². The molecular formula is C17H23FN4O2S. The molecule has 2 fully saturated rings. The number of nitrogens with zero attached hydrogens (tertiary/aromatic N) is 1. The van der Waals surface area contributed by atoms with Crippen LogP contribution in [-0.2, 0) is 4.79 Å². The van der Waals surface area contributed by atoms with Crippen molar-refractivity contribution in [2.75, 3.05) is 36.6 Å². The van der Waals surface area contributed by atoms with Crippen LogP contribution < -0.4 is 16.0 Å². The molecule has 0 spiro atoms. The summed E-state index contributed by atoms with van der Waals surface area (Å²) in [5.41, 5.74) is 0.419. The second-order valence-corrected chi connectivity index (χ2v) is 7.44. The van der Waals surface area contributed by atoms with Gasteiger partial charge in [0.05, 0.1) is 6.04 Å². The number of carbonyl (C=O) groups excluding carboxylic acids is 2. The summed E-state index contributed by atoms with van der Waals surface area (Å²) >= 11 is 1.74. The first-order chi connectivity index (χ1) is 12.1. The number of rotatable bonds is 4. The molecule has 136 valence electrons. The van der Waals surface area contributed by atoms with Crippen molar-refractivity contribution < 1.29 is 14.0 Å². The van der Waals surface area contributed by atoms with Crippen molar-refractivity contribution >= 4 is 29.4 Å². The number of urea groups is 1. The van der Waals surface area contributed by atoms with Gasteiger partial charge in [-0.25, -0.2) is 9.18 Å². The van der Waals surface area contributed by atoms with Crippen LogP contribution in [0.3, 0.4) is 0 Å². The third-order valence-electron chi connectivity index (χ3n) is 4.48. The van der Waals surface area contributed by atoms with Crippen molar-refractivity contribution in [2.24, 2.45) is 5.92 Å². The van der Waals surface area contributed by atoms with E-state index in [-0.39, 0.29) is 23.9 Å². The van der Waals surface area contributed by atoms with E-state index in [9.17, 15) is 14.0 Å². The number of carbonyl (C=O) groups is 2. The second kappa shape index (κ2) is 8.53. The van der Waals surface area contributed by atoms with E-state index in [0.29, 0.717) is 18.8 Å². The summed E-state index contributed by atoms with van der Waals surface area (Å²) in [6, 6.07) is 5.35. The van der Waals surface area contributed by atoms with Gasteiger partial charge in [0.1, 0.15) is 5.82 Å². The number of piperidine rings is 1. The molecule has 0 radical (unpaired) electrons. The number of hydrogen-bond donors (Lipinski definition) is 3. The van der Waals surface area contributed by atoms with Gasteiger partial charge in [-0.15, -0.1) is 11.8 Å². The van der Waals surface area contributed by atoms with Crippen molar-refractivity contribution in [2.45, 2.75) is 18.9 Å². The third-order valence-corrected chi connectivity index (χ3v) is 5.42. The van der Waals surface area contributed by atoms with Crippen LogP contribution in [0.4, 0.5) is 14.9 Å². The lowest BCUT2D eigenvalue weighted by Gasteiger charge is -2.34. The van der Waals surface area contributed by atoms with E-state index in [1.54, 1.807) is 23.9 Å². The van der Waals surface area contributed by atoms with Gasteiger partial charge in [-0.2, -0.15) is 0 Å². The lowest BCUT2D eigenvalue weighted by Crippen LogP contribution is -2.50. The van der Waals surface area contributed by atoms with E-state index in [1.165, 1.54) is 12.1 Å². The number of halogens is 1. The fourth-order valence-electron chi connectivity index (χ4n) is 3.18. The van der Waals surface area contributed by atoms with Gasteiger partial charge in [-0.05, 0) is 37.0 Å². The average molecular weight is 366 g/mol. The van der Waals surface area contributed by atoms with Gasteiger partial charge in [0.25, 0.3) is 0 Å². The number of thioether (sulfide) groups is 1. The number of benzene rings is 1. The maximum Gasteiger partial charge on any atom is 0.319 e. The maximum absolute atomic E-state index is 13.1. The summed E-state index contributed by atoms with van der Waals surface area (Å²) in [7, 11) is 0. The van der Waals surface area contributed by atoms with E-state index in [4.69, 9.17) is 0 Å². The molecule has 0 saturated carbocycles. The number of amides is 3. The molecule has 2 aliphatic rings. The summed E-state index contributed by atoms with van der Waals surface area (Å²) in [5, 5.41) is 8.65. The zero-order valence-corrected chi connectivity index (χ0v) is 14.8. The number of hydrogen-bond acceptors (Lipinski definition) is 4. The summed E-state index contributed by atoms with van der Waals surface area (Å²) in [4.78, 5) is 26.3. The minimum atomic E-state index is -0.391. The summed E-state index contributed by atoms with van der Waals surface area (Å²) in [6.45, 7) is 1.95. The van der Waals surface area contributed by atoms with Gasteiger partial charge in [0.15, 0.2) is 0 Å². The molecule has 6 nitrogen and oxygen atoms in total. The highest BCUT2D eigenvalue weighted by Gasteiger charge is 2.30.